The van der Waals surface area contributed by atoms with Gasteiger partial charge in [0.15, 0.2) is 0 Å². The average molecular weight is 230 g/mol. The topological polar surface area (TPSA) is 36.4 Å². The Balaban J connectivity index is 2.58. The third-order valence-electron chi connectivity index (χ3n) is 2.88. The van der Waals surface area contributed by atoms with Crippen molar-refractivity contribution >= 4 is 16.6 Å². The molecule has 0 unspecified atom stereocenters. The number of hydrogen-bond donors (Lipinski definition) is 1. The number of hydrogen-bond acceptors (Lipinski definition) is 3. The molecule has 0 bridgehead atoms. The number of aliphatic hydroxyl groups excluding tert-OH is 1. The maximum atomic E-state index is 9.25. The van der Waals surface area contributed by atoms with Gasteiger partial charge < -0.3 is 10.0 Å². The Labute approximate surface area is 102 Å². The zero-order valence-electron chi connectivity index (χ0n) is 10.3. The zero-order valence-corrected chi connectivity index (χ0v) is 10.3. The molecule has 0 saturated carbocycles. The van der Waals surface area contributed by atoms with E-state index in [0.717, 1.165) is 35.2 Å². The second-order valence-electron chi connectivity index (χ2n) is 4.23. The molecule has 90 valence electrons. The summed E-state index contributed by atoms with van der Waals surface area (Å²) in [5.41, 5.74) is 2.81. The van der Waals surface area contributed by atoms with Crippen molar-refractivity contribution in [3.8, 4) is 0 Å². The van der Waals surface area contributed by atoms with Crippen LogP contribution in [-0.2, 0) is 6.61 Å². The first-order valence-electron chi connectivity index (χ1n) is 5.97. The predicted octanol–water partition coefficient (Wildman–Crippen LogP) is 2.57. The second kappa shape index (κ2) is 5.15. The van der Waals surface area contributed by atoms with Gasteiger partial charge in [0.2, 0.25) is 0 Å². The fourth-order valence-corrected chi connectivity index (χ4v) is 2.06. The molecule has 1 N–H and O–H groups in total. The lowest BCUT2D eigenvalue weighted by Crippen LogP contribution is -2.18. The van der Waals surface area contributed by atoms with Crippen LogP contribution in [0.15, 0.2) is 30.3 Å². The molecule has 0 atom stereocenters. The molecule has 0 aliphatic rings. The smallest absolute Gasteiger partial charge is 0.0854 e. The van der Waals surface area contributed by atoms with E-state index < -0.39 is 0 Å². The summed E-state index contributed by atoms with van der Waals surface area (Å²) in [6.45, 7) is 3.14. The lowest BCUT2D eigenvalue weighted by atomic mass is 10.1. The Morgan fingerprint density at radius 2 is 2.06 bits per heavy atom. The van der Waals surface area contributed by atoms with Gasteiger partial charge in [0.1, 0.15) is 0 Å². The van der Waals surface area contributed by atoms with Gasteiger partial charge in [-0.1, -0.05) is 25.1 Å². The van der Waals surface area contributed by atoms with Gasteiger partial charge in [0, 0.05) is 24.7 Å². The highest BCUT2D eigenvalue weighted by molar-refractivity contribution is 5.91. The van der Waals surface area contributed by atoms with Crippen molar-refractivity contribution in [3.63, 3.8) is 0 Å². The first kappa shape index (κ1) is 11.9. The van der Waals surface area contributed by atoms with Crippen LogP contribution in [0, 0.1) is 0 Å². The molecule has 0 aliphatic carbocycles. The van der Waals surface area contributed by atoms with Crippen LogP contribution in [0.1, 0.15) is 19.0 Å². The van der Waals surface area contributed by atoms with Gasteiger partial charge in [0.25, 0.3) is 0 Å². The fraction of sp³-hybridized carbons (Fsp3) is 0.357. The zero-order chi connectivity index (χ0) is 12.3. The van der Waals surface area contributed by atoms with Crippen LogP contribution in [0.25, 0.3) is 10.9 Å². The number of fused-ring (bicyclic) bond motifs is 1. The maximum Gasteiger partial charge on any atom is 0.0854 e. The third-order valence-corrected chi connectivity index (χ3v) is 2.88. The van der Waals surface area contributed by atoms with Crippen molar-refractivity contribution < 1.29 is 5.11 Å². The molecule has 0 spiro atoms. The first-order valence-corrected chi connectivity index (χ1v) is 5.97. The maximum absolute atomic E-state index is 9.25. The number of rotatable bonds is 4. The Morgan fingerprint density at radius 3 is 2.76 bits per heavy atom. The summed E-state index contributed by atoms with van der Waals surface area (Å²) >= 11 is 0. The highest BCUT2D eigenvalue weighted by atomic mass is 16.3. The van der Waals surface area contributed by atoms with Crippen LogP contribution < -0.4 is 4.90 Å². The predicted molar refractivity (Wildman–Crippen MR) is 71.2 cm³/mol. The van der Waals surface area contributed by atoms with Gasteiger partial charge >= 0.3 is 0 Å². The molecule has 1 aromatic heterocycles. The van der Waals surface area contributed by atoms with Crippen LogP contribution in [0.5, 0.6) is 0 Å². The Kier molecular flexibility index (Phi) is 3.59. The molecule has 0 aliphatic heterocycles. The Bertz CT molecular complexity index is 511. The van der Waals surface area contributed by atoms with Gasteiger partial charge in [-0.05, 0) is 18.6 Å². The number of nitrogens with zero attached hydrogens (tertiary/aromatic N) is 2. The van der Waals surface area contributed by atoms with Crippen LogP contribution >= 0.6 is 0 Å². The summed E-state index contributed by atoms with van der Waals surface area (Å²) in [7, 11) is 2.08. The van der Waals surface area contributed by atoms with Crippen LogP contribution in [-0.4, -0.2) is 23.7 Å². The van der Waals surface area contributed by atoms with E-state index in [1.165, 1.54) is 0 Å². The fourth-order valence-electron chi connectivity index (χ4n) is 2.06. The minimum Gasteiger partial charge on any atom is -0.390 e. The lowest BCUT2D eigenvalue weighted by Gasteiger charge is -2.21. The van der Waals surface area contributed by atoms with Gasteiger partial charge in [-0.3, -0.25) is 4.98 Å². The Morgan fingerprint density at radius 1 is 1.29 bits per heavy atom. The molecule has 17 heavy (non-hydrogen) atoms. The number of pyridine rings is 1. The minimum atomic E-state index is -0.0161. The summed E-state index contributed by atoms with van der Waals surface area (Å²) in [4.78, 5) is 6.63. The molecule has 0 radical (unpaired) electrons. The van der Waals surface area contributed by atoms with Crippen molar-refractivity contribution in [2.24, 2.45) is 0 Å². The molecule has 3 heteroatoms. The van der Waals surface area contributed by atoms with Gasteiger partial charge in [-0.25, -0.2) is 0 Å². The van der Waals surface area contributed by atoms with Crippen LogP contribution in [0.4, 0.5) is 5.69 Å². The molecule has 0 amide bonds. The molecule has 0 fully saturated rings. The highest BCUT2D eigenvalue weighted by Gasteiger charge is 2.08. The van der Waals surface area contributed by atoms with Gasteiger partial charge in [0.05, 0.1) is 17.8 Å². The number of aromatic nitrogens is 1. The van der Waals surface area contributed by atoms with Crippen molar-refractivity contribution in [1.82, 2.24) is 4.98 Å². The summed E-state index contributed by atoms with van der Waals surface area (Å²) < 4.78 is 0. The van der Waals surface area contributed by atoms with E-state index in [2.05, 4.69) is 29.9 Å². The van der Waals surface area contributed by atoms with E-state index in [9.17, 15) is 5.11 Å². The monoisotopic (exact) mass is 230 g/mol. The molecule has 2 rings (SSSR count). The molecular weight excluding hydrogens is 212 g/mol. The summed E-state index contributed by atoms with van der Waals surface area (Å²) in [6, 6.07) is 10.0. The van der Waals surface area contributed by atoms with Gasteiger partial charge in [-0.15, -0.1) is 0 Å². The van der Waals surface area contributed by atoms with Crippen molar-refractivity contribution in [3.05, 3.63) is 36.0 Å². The average Bonchev–Trinajstić information content (AvgIpc) is 2.37. The molecule has 1 aromatic carbocycles. The van der Waals surface area contributed by atoms with E-state index in [0.29, 0.717) is 0 Å². The van der Waals surface area contributed by atoms with E-state index in [-0.39, 0.29) is 6.61 Å². The second-order valence-corrected chi connectivity index (χ2v) is 4.23. The molecule has 2 aromatic rings. The van der Waals surface area contributed by atoms with E-state index in [1.54, 1.807) is 0 Å². The number of aliphatic hydroxyl groups is 1. The lowest BCUT2D eigenvalue weighted by molar-refractivity contribution is 0.277. The normalized spacial score (nSPS) is 10.8. The quantitative estimate of drug-likeness (QED) is 0.877. The van der Waals surface area contributed by atoms with E-state index in [1.807, 2.05) is 24.3 Å². The summed E-state index contributed by atoms with van der Waals surface area (Å²) in [6.07, 6.45) is 1.10. The Hall–Kier alpha value is -1.61. The van der Waals surface area contributed by atoms with E-state index >= 15 is 0 Å². The van der Waals surface area contributed by atoms with Gasteiger partial charge in [-0.2, -0.15) is 0 Å². The SMILES string of the molecule is CCCN(C)c1cc(CO)nc2ccccc12. The largest absolute Gasteiger partial charge is 0.390 e. The minimum absolute atomic E-state index is 0.0161. The van der Waals surface area contributed by atoms with E-state index in [4.69, 9.17) is 0 Å². The van der Waals surface area contributed by atoms with Crippen molar-refractivity contribution in [1.29, 1.82) is 0 Å². The summed E-state index contributed by atoms with van der Waals surface area (Å²) in [5.74, 6) is 0. The van der Waals surface area contributed by atoms with Crippen molar-refractivity contribution in [2.75, 3.05) is 18.5 Å². The van der Waals surface area contributed by atoms with Crippen LogP contribution in [0.2, 0.25) is 0 Å². The molecule has 3 nitrogen and oxygen atoms in total. The molecular formula is C14H18N2O. The first-order chi connectivity index (χ1) is 8.26. The number of benzene rings is 1. The number of para-hydroxylation sites is 1. The third kappa shape index (κ3) is 2.39. The highest BCUT2D eigenvalue weighted by Crippen LogP contribution is 2.26. The van der Waals surface area contributed by atoms with Crippen molar-refractivity contribution in [2.45, 2.75) is 20.0 Å². The summed E-state index contributed by atoms with van der Waals surface area (Å²) in [5, 5.41) is 10.4. The standard InChI is InChI=1S/C14H18N2O/c1-3-8-16(2)14-9-11(10-17)15-13-7-5-4-6-12(13)14/h4-7,9,17H,3,8,10H2,1-2H3. The molecule has 1 heterocycles. The van der Waals surface area contributed by atoms with Crippen LogP contribution in [0.3, 0.4) is 0 Å². The number of anilines is 1. The molecule has 0 saturated heterocycles.